The summed E-state index contributed by atoms with van der Waals surface area (Å²) in [6, 6.07) is 6.74. The van der Waals surface area contributed by atoms with Crippen molar-refractivity contribution in [2.45, 2.75) is 45.6 Å². The molecule has 4 nitrogen and oxygen atoms in total. The van der Waals surface area contributed by atoms with Crippen LogP contribution in [-0.4, -0.2) is 38.3 Å². The second-order valence-electron chi connectivity index (χ2n) is 6.91. The molecule has 0 amide bonds. The zero-order valence-electron chi connectivity index (χ0n) is 15.6. The smallest absolute Gasteiger partial charge is 0.191 e. The zero-order valence-corrected chi connectivity index (χ0v) is 17.9. The molecule has 6 heteroatoms. The summed E-state index contributed by atoms with van der Waals surface area (Å²) in [6.45, 7) is 12.2. The number of ether oxygens (including phenoxy) is 1. The number of hydrogen-bond donors (Lipinski definition) is 2. The Morgan fingerprint density at radius 1 is 1.21 bits per heavy atom. The van der Waals surface area contributed by atoms with Gasteiger partial charge in [-0.25, -0.2) is 4.39 Å². The van der Waals surface area contributed by atoms with Gasteiger partial charge in [0.15, 0.2) is 5.96 Å². The van der Waals surface area contributed by atoms with Crippen LogP contribution in [0.2, 0.25) is 0 Å². The van der Waals surface area contributed by atoms with Crippen LogP contribution in [-0.2, 0) is 10.2 Å². The van der Waals surface area contributed by atoms with Crippen molar-refractivity contribution in [2.24, 2.45) is 4.99 Å². The van der Waals surface area contributed by atoms with Gasteiger partial charge in [-0.1, -0.05) is 26.0 Å². The van der Waals surface area contributed by atoms with Crippen molar-refractivity contribution in [1.29, 1.82) is 0 Å². The highest BCUT2D eigenvalue weighted by Crippen LogP contribution is 2.22. The van der Waals surface area contributed by atoms with E-state index in [1.807, 2.05) is 26.8 Å². The van der Waals surface area contributed by atoms with E-state index in [4.69, 9.17) is 4.74 Å². The average Bonchev–Trinajstić information content (AvgIpc) is 2.50. The molecule has 0 bridgehead atoms. The third-order valence-electron chi connectivity index (χ3n) is 3.82. The molecule has 0 heterocycles. The molecule has 1 aromatic rings. The minimum Gasteiger partial charge on any atom is -0.377 e. The fourth-order valence-corrected chi connectivity index (χ4v) is 1.99. The van der Waals surface area contributed by atoms with Gasteiger partial charge in [0.25, 0.3) is 0 Å². The predicted molar refractivity (Wildman–Crippen MR) is 110 cm³/mol. The number of methoxy groups -OCH3 is 1. The molecule has 0 aliphatic carbocycles. The molecule has 1 aromatic carbocycles. The van der Waals surface area contributed by atoms with Gasteiger partial charge >= 0.3 is 0 Å². The Hall–Kier alpha value is -0.890. The second kappa shape index (κ2) is 10.2. The van der Waals surface area contributed by atoms with Crippen LogP contribution < -0.4 is 10.6 Å². The van der Waals surface area contributed by atoms with Crippen LogP contribution >= 0.6 is 24.0 Å². The molecule has 2 N–H and O–H groups in total. The Bertz CT molecular complexity index is 533. The van der Waals surface area contributed by atoms with Crippen molar-refractivity contribution >= 4 is 29.9 Å². The molecular formula is C18H31FIN3O. The molecule has 0 aliphatic heterocycles. The van der Waals surface area contributed by atoms with Crippen LogP contribution in [0.1, 0.15) is 40.2 Å². The van der Waals surface area contributed by atoms with Gasteiger partial charge in [-0.05, 0) is 38.5 Å². The number of nitrogens with one attached hydrogen (secondary N) is 2. The van der Waals surface area contributed by atoms with Crippen molar-refractivity contribution in [3.05, 3.63) is 35.6 Å². The summed E-state index contributed by atoms with van der Waals surface area (Å²) in [4.78, 5) is 4.57. The summed E-state index contributed by atoms with van der Waals surface area (Å²) in [5, 5.41) is 6.56. The summed E-state index contributed by atoms with van der Waals surface area (Å²) in [5.74, 6) is 0.528. The van der Waals surface area contributed by atoms with Gasteiger partial charge in [0, 0.05) is 25.6 Å². The molecule has 0 saturated carbocycles. The predicted octanol–water partition coefficient (Wildman–Crippen LogP) is 3.70. The van der Waals surface area contributed by atoms with Crippen LogP contribution in [0, 0.1) is 5.82 Å². The van der Waals surface area contributed by atoms with Gasteiger partial charge in [-0.15, -0.1) is 24.0 Å². The lowest BCUT2D eigenvalue weighted by molar-refractivity contribution is 0.0310. The molecule has 0 atom stereocenters. The van der Waals surface area contributed by atoms with Crippen molar-refractivity contribution < 1.29 is 9.13 Å². The lowest BCUT2D eigenvalue weighted by atomic mass is 9.84. The number of rotatable bonds is 7. The van der Waals surface area contributed by atoms with Crippen LogP contribution in [0.25, 0.3) is 0 Å². The van der Waals surface area contributed by atoms with Gasteiger partial charge in [-0.3, -0.25) is 4.99 Å². The first-order valence-corrected chi connectivity index (χ1v) is 8.03. The minimum atomic E-state index is -0.305. The lowest BCUT2D eigenvalue weighted by Crippen LogP contribution is -2.44. The monoisotopic (exact) mass is 451 g/mol. The number of nitrogens with zero attached hydrogens (tertiary/aromatic N) is 1. The number of guanidine groups is 1. The molecule has 0 aliphatic rings. The molecule has 0 aromatic heterocycles. The fraction of sp³-hybridized carbons (Fsp3) is 0.611. The Morgan fingerprint density at radius 3 is 2.42 bits per heavy atom. The lowest BCUT2D eigenvalue weighted by Gasteiger charge is -2.27. The zero-order chi connectivity index (χ0) is 17.5. The Balaban J connectivity index is 0.00000529. The standard InChI is InChI=1S/C18H30FN3O.HI/c1-7-20-16(22-13-18(4,5)23-6)21-12-17(2,3)14-9-8-10-15(19)11-14;/h8-11H,7,12-13H2,1-6H3,(H2,20,21,22);1H. The second-order valence-corrected chi connectivity index (χ2v) is 6.91. The summed E-state index contributed by atoms with van der Waals surface area (Å²) in [6.07, 6.45) is 0. The third kappa shape index (κ3) is 7.79. The highest BCUT2D eigenvalue weighted by molar-refractivity contribution is 14.0. The molecule has 0 saturated heterocycles. The van der Waals surface area contributed by atoms with Crippen LogP contribution in [0.4, 0.5) is 4.39 Å². The van der Waals surface area contributed by atoms with E-state index < -0.39 is 0 Å². The summed E-state index contributed by atoms with van der Waals surface area (Å²) in [5.41, 5.74) is 0.438. The van der Waals surface area contributed by atoms with E-state index in [1.54, 1.807) is 19.2 Å². The van der Waals surface area contributed by atoms with E-state index in [0.29, 0.717) is 13.1 Å². The van der Waals surface area contributed by atoms with E-state index in [2.05, 4.69) is 29.5 Å². The van der Waals surface area contributed by atoms with Crippen molar-refractivity contribution in [2.75, 3.05) is 26.7 Å². The number of halogens is 2. The highest BCUT2D eigenvalue weighted by atomic mass is 127. The summed E-state index contributed by atoms with van der Waals surface area (Å²) < 4.78 is 18.8. The van der Waals surface area contributed by atoms with Gasteiger partial charge in [-0.2, -0.15) is 0 Å². The molecule has 0 radical (unpaired) electrons. The van der Waals surface area contributed by atoms with E-state index in [-0.39, 0.29) is 40.8 Å². The Kier molecular flexibility index (Phi) is 9.80. The topological polar surface area (TPSA) is 45.7 Å². The molecule has 138 valence electrons. The van der Waals surface area contributed by atoms with Crippen LogP contribution in [0.3, 0.4) is 0 Å². The maximum Gasteiger partial charge on any atom is 0.191 e. The fourth-order valence-electron chi connectivity index (χ4n) is 1.99. The van der Waals surface area contributed by atoms with Gasteiger partial charge in [0.2, 0.25) is 0 Å². The Morgan fingerprint density at radius 2 is 1.88 bits per heavy atom. The summed E-state index contributed by atoms with van der Waals surface area (Å²) >= 11 is 0. The molecule has 24 heavy (non-hydrogen) atoms. The minimum absolute atomic E-state index is 0. The third-order valence-corrected chi connectivity index (χ3v) is 3.82. The van der Waals surface area contributed by atoms with Gasteiger partial charge in [0.05, 0.1) is 12.1 Å². The average molecular weight is 451 g/mol. The first-order chi connectivity index (χ1) is 10.7. The van der Waals surface area contributed by atoms with Crippen molar-refractivity contribution in [1.82, 2.24) is 10.6 Å². The normalized spacial score (nSPS) is 12.5. The van der Waals surface area contributed by atoms with Gasteiger partial charge in [0.1, 0.15) is 5.82 Å². The van der Waals surface area contributed by atoms with Crippen LogP contribution in [0.5, 0.6) is 0 Å². The van der Waals surface area contributed by atoms with E-state index in [9.17, 15) is 4.39 Å². The maximum absolute atomic E-state index is 13.4. The van der Waals surface area contributed by atoms with Crippen molar-refractivity contribution in [3.63, 3.8) is 0 Å². The quantitative estimate of drug-likeness (QED) is 0.378. The number of benzene rings is 1. The molecule has 1 rings (SSSR count). The highest BCUT2D eigenvalue weighted by Gasteiger charge is 2.22. The van der Waals surface area contributed by atoms with Crippen LogP contribution in [0.15, 0.2) is 29.3 Å². The summed E-state index contributed by atoms with van der Waals surface area (Å²) in [7, 11) is 1.68. The Labute approximate surface area is 162 Å². The maximum atomic E-state index is 13.4. The number of hydrogen-bond acceptors (Lipinski definition) is 2. The molecule has 0 fully saturated rings. The first-order valence-electron chi connectivity index (χ1n) is 8.03. The molecular weight excluding hydrogens is 420 g/mol. The van der Waals surface area contributed by atoms with Crippen molar-refractivity contribution in [3.8, 4) is 0 Å². The van der Waals surface area contributed by atoms with Gasteiger partial charge < -0.3 is 15.4 Å². The molecule has 0 spiro atoms. The largest absolute Gasteiger partial charge is 0.377 e. The SMILES string of the molecule is CCNC(=NCC(C)(C)OC)NCC(C)(C)c1cccc(F)c1.I. The number of aliphatic imine (C=N–C) groups is 1. The van der Waals surface area contributed by atoms with E-state index in [0.717, 1.165) is 18.1 Å². The first kappa shape index (κ1) is 23.1. The van der Waals surface area contributed by atoms with E-state index in [1.165, 1.54) is 6.07 Å². The molecule has 0 unspecified atom stereocenters. The van der Waals surface area contributed by atoms with E-state index >= 15 is 0 Å².